The maximum absolute atomic E-state index is 14.8. The molecule has 2 N–H and O–H groups in total. The third-order valence-corrected chi connectivity index (χ3v) is 8.97. The molecule has 8 rings (SSSR count). The summed E-state index contributed by atoms with van der Waals surface area (Å²) in [5.74, 6) is 0.159. The van der Waals surface area contributed by atoms with Crippen molar-refractivity contribution in [1.82, 2.24) is 39.9 Å². The van der Waals surface area contributed by atoms with Gasteiger partial charge in [0.05, 0.1) is 28.8 Å². The molecule has 9 nitrogen and oxygen atoms in total. The second kappa shape index (κ2) is 12.0. The van der Waals surface area contributed by atoms with Crippen LogP contribution in [-0.4, -0.2) is 79.3 Å². The lowest BCUT2D eigenvalue weighted by atomic mass is 10.1. The van der Waals surface area contributed by atoms with Gasteiger partial charge in [-0.1, -0.05) is 0 Å². The molecule has 0 unspecified atom stereocenters. The lowest BCUT2D eigenvalue weighted by Gasteiger charge is -2.15. The molecule has 7 heterocycles. The number of nitrogens with one attached hydrogen (secondary N) is 2. The van der Waals surface area contributed by atoms with Crippen LogP contribution in [0, 0.1) is 5.82 Å². The molecule has 2 saturated heterocycles. The van der Waals surface area contributed by atoms with E-state index in [1.165, 1.54) is 43.4 Å². The van der Waals surface area contributed by atoms with Crippen molar-refractivity contribution in [3.8, 4) is 39.7 Å². The van der Waals surface area contributed by atoms with Crippen LogP contribution < -0.4 is 4.74 Å². The Morgan fingerprint density at radius 1 is 0.778 bits per heavy atom. The van der Waals surface area contributed by atoms with E-state index in [1.54, 1.807) is 6.20 Å². The fourth-order valence-electron chi connectivity index (χ4n) is 6.69. The zero-order valence-electron chi connectivity index (χ0n) is 25.1. The first-order valence-electron chi connectivity index (χ1n) is 15.8. The van der Waals surface area contributed by atoms with E-state index in [2.05, 4.69) is 47.1 Å². The van der Waals surface area contributed by atoms with Crippen LogP contribution in [0.4, 0.5) is 4.39 Å². The molecule has 0 spiro atoms. The number of hydrogen-bond acceptors (Lipinski definition) is 7. The van der Waals surface area contributed by atoms with Gasteiger partial charge in [-0.3, -0.25) is 29.9 Å². The summed E-state index contributed by atoms with van der Waals surface area (Å²) in [6.07, 6.45) is 12.4. The predicted molar refractivity (Wildman–Crippen MR) is 173 cm³/mol. The first-order chi connectivity index (χ1) is 22.2. The molecule has 0 aliphatic carbocycles. The largest absolute Gasteiger partial charge is 0.492 e. The second-order valence-corrected chi connectivity index (χ2v) is 12.1. The quantitative estimate of drug-likeness (QED) is 0.197. The van der Waals surface area contributed by atoms with Gasteiger partial charge < -0.3 is 9.72 Å². The number of aromatic nitrogens is 6. The van der Waals surface area contributed by atoms with Gasteiger partial charge in [-0.25, -0.2) is 4.39 Å². The molecular weight excluding hydrogens is 567 g/mol. The van der Waals surface area contributed by atoms with E-state index < -0.39 is 0 Å². The van der Waals surface area contributed by atoms with Crippen molar-refractivity contribution in [3.05, 3.63) is 78.6 Å². The highest BCUT2D eigenvalue weighted by atomic mass is 19.1. The summed E-state index contributed by atoms with van der Waals surface area (Å²) in [4.78, 5) is 22.3. The van der Waals surface area contributed by atoms with E-state index >= 15 is 0 Å². The Bertz CT molecular complexity index is 1970. The van der Waals surface area contributed by atoms with Crippen molar-refractivity contribution in [2.75, 3.05) is 39.3 Å². The number of pyridine rings is 3. The molecule has 10 heteroatoms. The standard InChI is InChI=1S/C35H35FN8O/c36-26-14-24(15-27(16-26)45-12-11-43-7-1-2-8-43)34-28-18-32(40-30(28)5-6-38-34)35-29-17-31(39-21-33(29)41-42-35)25-13-23(19-37-20-25)22-44-9-3-4-10-44/h5-6,13-21,40H,1-4,7-12,22H2,(H,41,42). The minimum absolute atomic E-state index is 0.351. The smallest absolute Gasteiger partial charge is 0.127 e. The average molecular weight is 603 g/mol. The van der Waals surface area contributed by atoms with Crippen LogP contribution in [0.25, 0.3) is 55.7 Å². The number of benzene rings is 1. The Morgan fingerprint density at radius 3 is 2.47 bits per heavy atom. The van der Waals surface area contributed by atoms with E-state index in [1.807, 2.05) is 36.8 Å². The number of ether oxygens (including phenoxy) is 1. The van der Waals surface area contributed by atoms with Crippen LogP contribution in [0.5, 0.6) is 5.75 Å². The van der Waals surface area contributed by atoms with Crippen molar-refractivity contribution in [2.24, 2.45) is 0 Å². The number of H-pyrrole nitrogens is 2. The number of nitrogens with zero attached hydrogens (tertiary/aromatic N) is 6. The first kappa shape index (κ1) is 27.8. The summed E-state index contributed by atoms with van der Waals surface area (Å²) in [6.45, 7) is 6.76. The molecule has 0 bridgehead atoms. The van der Waals surface area contributed by atoms with Crippen LogP contribution in [0.3, 0.4) is 0 Å². The van der Waals surface area contributed by atoms with Crippen molar-refractivity contribution in [3.63, 3.8) is 0 Å². The highest BCUT2D eigenvalue weighted by molar-refractivity contribution is 6.00. The lowest BCUT2D eigenvalue weighted by Crippen LogP contribution is -2.25. The number of halogens is 1. The van der Waals surface area contributed by atoms with Gasteiger partial charge in [-0.05, 0) is 93.8 Å². The Hall–Kier alpha value is -4.67. The highest BCUT2D eigenvalue weighted by Crippen LogP contribution is 2.35. The van der Waals surface area contributed by atoms with Crippen LogP contribution >= 0.6 is 0 Å². The summed E-state index contributed by atoms with van der Waals surface area (Å²) < 4.78 is 20.8. The second-order valence-electron chi connectivity index (χ2n) is 12.1. The Labute approximate surface area is 260 Å². The number of rotatable bonds is 9. The molecule has 2 aliphatic heterocycles. The maximum atomic E-state index is 14.8. The molecule has 0 amide bonds. The molecule has 0 radical (unpaired) electrons. The highest BCUT2D eigenvalue weighted by Gasteiger charge is 2.18. The van der Waals surface area contributed by atoms with Gasteiger partial charge in [0.25, 0.3) is 0 Å². The van der Waals surface area contributed by atoms with Gasteiger partial charge in [0.15, 0.2) is 0 Å². The first-order valence-corrected chi connectivity index (χ1v) is 15.8. The topological polar surface area (TPSA) is 98.8 Å². The summed E-state index contributed by atoms with van der Waals surface area (Å²) >= 11 is 0. The third-order valence-electron chi connectivity index (χ3n) is 8.97. The van der Waals surface area contributed by atoms with Crippen LogP contribution in [0.15, 0.2) is 67.3 Å². The number of fused-ring (bicyclic) bond motifs is 2. The average Bonchev–Trinajstić information content (AvgIpc) is 3.88. The molecule has 228 valence electrons. The molecule has 2 aliphatic rings. The van der Waals surface area contributed by atoms with Crippen LogP contribution in [0.2, 0.25) is 0 Å². The molecule has 45 heavy (non-hydrogen) atoms. The van der Waals surface area contributed by atoms with E-state index in [9.17, 15) is 4.39 Å². The Morgan fingerprint density at radius 2 is 1.60 bits per heavy atom. The predicted octanol–water partition coefficient (Wildman–Crippen LogP) is 6.44. The maximum Gasteiger partial charge on any atom is 0.127 e. The third kappa shape index (κ3) is 5.79. The van der Waals surface area contributed by atoms with Crippen LogP contribution in [0.1, 0.15) is 31.2 Å². The van der Waals surface area contributed by atoms with Gasteiger partial charge >= 0.3 is 0 Å². The van der Waals surface area contributed by atoms with Crippen molar-refractivity contribution in [2.45, 2.75) is 32.2 Å². The van der Waals surface area contributed by atoms with Gasteiger partial charge in [0.1, 0.15) is 23.9 Å². The van der Waals surface area contributed by atoms with E-state index in [0.29, 0.717) is 23.6 Å². The van der Waals surface area contributed by atoms with E-state index in [-0.39, 0.29) is 5.82 Å². The van der Waals surface area contributed by atoms with Crippen molar-refractivity contribution >= 4 is 21.8 Å². The van der Waals surface area contributed by atoms with Gasteiger partial charge in [-0.2, -0.15) is 5.10 Å². The molecular formula is C35H35FN8O. The molecule has 6 aromatic rings. The fraction of sp³-hybridized carbons (Fsp3) is 0.314. The van der Waals surface area contributed by atoms with E-state index in [0.717, 1.165) is 83.7 Å². The molecule has 1 aromatic carbocycles. The summed E-state index contributed by atoms with van der Waals surface area (Å²) in [7, 11) is 0. The van der Waals surface area contributed by atoms with E-state index in [4.69, 9.17) is 9.72 Å². The molecule has 0 saturated carbocycles. The zero-order chi connectivity index (χ0) is 30.2. The van der Waals surface area contributed by atoms with Gasteiger partial charge in [-0.15, -0.1) is 0 Å². The Kier molecular flexibility index (Phi) is 7.44. The van der Waals surface area contributed by atoms with Gasteiger partial charge in [0.2, 0.25) is 0 Å². The monoisotopic (exact) mass is 602 g/mol. The number of hydrogen-bond donors (Lipinski definition) is 2. The minimum Gasteiger partial charge on any atom is -0.492 e. The summed E-state index contributed by atoms with van der Waals surface area (Å²) in [5, 5.41) is 9.62. The number of aromatic amines is 2. The molecule has 0 atom stereocenters. The number of likely N-dealkylation sites (tertiary alicyclic amines) is 2. The summed E-state index contributed by atoms with van der Waals surface area (Å²) in [5.41, 5.74) is 7.71. The van der Waals surface area contributed by atoms with Crippen molar-refractivity contribution in [1.29, 1.82) is 0 Å². The Balaban J connectivity index is 1.09. The SMILES string of the molecule is Fc1cc(OCCN2CCCC2)cc(-c2nccc3[nH]c(-c4n[nH]c5cnc(-c6cncc(CN7CCCC7)c6)cc45)cc23)c1. The lowest BCUT2D eigenvalue weighted by molar-refractivity contribution is 0.237. The minimum atomic E-state index is -0.351. The fourth-order valence-corrected chi connectivity index (χ4v) is 6.69. The van der Waals surface area contributed by atoms with Crippen molar-refractivity contribution < 1.29 is 9.13 Å². The normalized spacial score (nSPS) is 15.9. The summed E-state index contributed by atoms with van der Waals surface area (Å²) in [6, 6.07) is 13.0. The van der Waals surface area contributed by atoms with Gasteiger partial charge in [0, 0.05) is 65.2 Å². The zero-order valence-corrected chi connectivity index (χ0v) is 25.1. The van der Waals surface area contributed by atoms with Crippen LogP contribution in [-0.2, 0) is 6.54 Å². The molecule has 2 fully saturated rings. The molecule has 5 aromatic heterocycles.